The van der Waals surface area contributed by atoms with E-state index in [9.17, 15) is 0 Å². The highest BCUT2D eigenvalue weighted by Crippen LogP contribution is 2.34. The van der Waals surface area contributed by atoms with E-state index in [1.807, 2.05) is 18.5 Å². The number of nitrogens with one attached hydrogen (secondary N) is 1. The molecule has 2 aliphatic rings. The second-order valence-electron chi connectivity index (χ2n) is 8.93. The topological polar surface area (TPSA) is 75.0 Å². The van der Waals surface area contributed by atoms with Crippen molar-refractivity contribution in [3.05, 3.63) is 41.6 Å². The summed E-state index contributed by atoms with van der Waals surface area (Å²) in [7, 11) is 0. The van der Waals surface area contributed by atoms with Crippen LogP contribution < -0.4 is 10.2 Å². The van der Waals surface area contributed by atoms with Crippen LogP contribution in [0.2, 0.25) is 0 Å². The number of hydrogen-bond donors (Lipinski definition) is 1. The van der Waals surface area contributed by atoms with Crippen molar-refractivity contribution in [3.63, 3.8) is 0 Å². The van der Waals surface area contributed by atoms with E-state index in [2.05, 4.69) is 63.4 Å². The van der Waals surface area contributed by atoms with E-state index in [1.54, 1.807) is 0 Å². The van der Waals surface area contributed by atoms with Gasteiger partial charge in [-0.1, -0.05) is 6.92 Å². The third-order valence-corrected chi connectivity index (χ3v) is 6.60. The van der Waals surface area contributed by atoms with Crippen LogP contribution >= 0.6 is 0 Å². The van der Waals surface area contributed by atoms with Crippen molar-refractivity contribution in [1.29, 1.82) is 0 Å². The molecule has 1 aliphatic carbocycles. The molecule has 0 aromatic carbocycles. The predicted molar refractivity (Wildman–Crippen MR) is 128 cm³/mol. The third kappa shape index (κ3) is 3.83. The molecule has 0 amide bonds. The van der Waals surface area contributed by atoms with Crippen LogP contribution in [0.1, 0.15) is 43.9 Å². The summed E-state index contributed by atoms with van der Waals surface area (Å²) < 4.78 is 2.33. The van der Waals surface area contributed by atoms with Crippen molar-refractivity contribution in [2.45, 2.75) is 46.6 Å². The van der Waals surface area contributed by atoms with E-state index in [4.69, 9.17) is 9.97 Å². The van der Waals surface area contributed by atoms with Crippen LogP contribution in [0.3, 0.4) is 0 Å². The van der Waals surface area contributed by atoms with Crippen molar-refractivity contribution >= 4 is 17.5 Å². The Morgan fingerprint density at radius 3 is 2.47 bits per heavy atom. The van der Waals surface area contributed by atoms with E-state index in [1.165, 1.54) is 5.69 Å². The SMILES string of the molecule is CCN1CCN(c2ccc(Nc3ncc4c(n3)-c3nc(C)n(C(C)C)c3CC4)nc2)CC1. The normalized spacial score (nSPS) is 16.2. The summed E-state index contributed by atoms with van der Waals surface area (Å²) in [6.07, 6.45) is 5.79. The first kappa shape index (κ1) is 20.9. The maximum absolute atomic E-state index is 4.86. The lowest BCUT2D eigenvalue weighted by atomic mass is 9.97. The van der Waals surface area contributed by atoms with Gasteiger partial charge >= 0.3 is 0 Å². The molecule has 8 nitrogen and oxygen atoms in total. The molecule has 3 aromatic heterocycles. The molecule has 0 saturated carbocycles. The number of nitrogens with zero attached hydrogens (tertiary/aromatic N) is 7. The summed E-state index contributed by atoms with van der Waals surface area (Å²) in [5, 5.41) is 3.28. The molecule has 0 atom stereocenters. The van der Waals surface area contributed by atoms with Crippen molar-refractivity contribution in [3.8, 4) is 11.4 Å². The average Bonchev–Trinajstić information content (AvgIpc) is 3.16. The molecule has 4 heterocycles. The van der Waals surface area contributed by atoms with E-state index < -0.39 is 0 Å². The Balaban J connectivity index is 1.34. The summed E-state index contributed by atoms with van der Waals surface area (Å²) in [5.74, 6) is 2.36. The van der Waals surface area contributed by atoms with Gasteiger partial charge in [0.25, 0.3) is 0 Å². The third-order valence-electron chi connectivity index (χ3n) is 6.60. The van der Waals surface area contributed by atoms with Gasteiger partial charge in [-0.15, -0.1) is 0 Å². The number of anilines is 3. The maximum Gasteiger partial charge on any atom is 0.228 e. The molecular formula is C24H32N8. The highest BCUT2D eigenvalue weighted by Gasteiger charge is 2.26. The van der Waals surface area contributed by atoms with Crippen LogP contribution in [0.5, 0.6) is 0 Å². The Labute approximate surface area is 189 Å². The molecular weight excluding hydrogens is 400 g/mol. The lowest BCUT2D eigenvalue weighted by Gasteiger charge is -2.35. The van der Waals surface area contributed by atoms with Crippen LogP contribution in [0, 0.1) is 6.92 Å². The van der Waals surface area contributed by atoms with Crippen LogP contribution in [0.25, 0.3) is 11.4 Å². The molecule has 0 spiro atoms. The minimum Gasteiger partial charge on any atom is -0.368 e. The minimum atomic E-state index is 0.389. The molecule has 5 rings (SSSR count). The lowest BCUT2D eigenvalue weighted by Crippen LogP contribution is -2.46. The summed E-state index contributed by atoms with van der Waals surface area (Å²) in [4.78, 5) is 23.7. The summed E-state index contributed by atoms with van der Waals surface area (Å²) >= 11 is 0. The van der Waals surface area contributed by atoms with Crippen molar-refractivity contribution in [1.82, 2.24) is 29.4 Å². The lowest BCUT2D eigenvalue weighted by molar-refractivity contribution is 0.271. The number of rotatable bonds is 5. The largest absolute Gasteiger partial charge is 0.368 e. The van der Waals surface area contributed by atoms with Gasteiger partial charge in [-0.25, -0.2) is 19.9 Å². The minimum absolute atomic E-state index is 0.389. The standard InChI is InChI=1S/C24H32N8/c1-5-30-10-12-31(13-11-30)19-7-9-21(25-15-19)28-24-26-14-18-6-8-20-23(22(18)29-24)27-17(4)32(20)16(2)3/h7,9,14-16H,5-6,8,10-13H2,1-4H3,(H,25,26,28,29). The van der Waals surface area contributed by atoms with Crippen molar-refractivity contribution in [2.24, 2.45) is 0 Å². The Bertz CT molecular complexity index is 1090. The van der Waals surface area contributed by atoms with Crippen LogP contribution in [0.15, 0.2) is 24.5 Å². The first-order chi connectivity index (χ1) is 15.5. The van der Waals surface area contributed by atoms with E-state index in [0.717, 1.165) is 79.8 Å². The molecule has 1 aliphatic heterocycles. The molecule has 8 heteroatoms. The fourth-order valence-corrected chi connectivity index (χ4v) is 4.90. The van der Waals surface area contributed by atoms with Gasteiger partial charge in [0, 0.05) is 44.1 Å². The first-order valence-corrected chi connectivity index (χ1v) is 11.7. The summed E-state index contributed by atoms with van der Waals surface area (Å²) in [6, 6.07) is 4.52. The van der Waals surface area contributed by atoms with Gasteiger partial charge in [-0.3, -0.25) is 0 Å². The molecule has 3 aromatic rings. The number of aryl methyl sites for hydroxylation is 2. The molecule has 1 N–H and O–H groups in total. The second kappa shape index (κ2) is 8.50. The van der Waals surface area contributed by atoms with Crippen molar-refractivity contribution < 1.29 is 0 Å². The zero-order valence-corrected chi connectivity index (χ0v) is 19.5. The van der Waals surface area contributed by atoms with Crippen LogP contribution in [0.4, 0.5) is 17.5 Å². The van der Waals surface area contributed by atoms with Gasteiger partial charge in [0.15, 0.2) is 0 Å². The quantitative estimate of drug-likeness (QED) is 0.660. The Morgan fingerprint density at radius 2 is 1.78 bits per heavy atom. The van der Waals surface area contributed by atoms with Crippen LogP contribution in [-0.2, 0) is 12.8 Å². The molecule has 1 fully saturated rings. The number of piperazine rings is 1. The fraction of sp³-hybridized carbons (Fsp3) is 0.500. The molecule has 0 radical (unpaired) electrons. The Hall–Kier alpha value is -3.00. The fourth-order valence-electron chi connectivity index (χ4n) is 4.90. The molecule has 0 bridgehead atoms. The molecule has 168 valence electrons. The maximum atomic E-state index is 4.86. The smallest absolute Gasteiger partial charge is 0.228 e. The van der Waals surface area contributed by atoms with Gasteiger partial charge in [0.05, 0.1) is 17.6 Å². The Morgan fingerprint density at radius 1 is 0.969 bits per heavy atom. The monoisotopic (exact) mass is 432 g/mol. The second-order valence-corrected chi connectivity index (χ2v) is 8.93. The Kier molecular flexibility index (Phi) is 5.55. The van der Waals surface area contributed by atoms with Crippen molar-refractivity contribution in [2.75, 3.05) is 42.9 Å². The zero-order valence-electron chi connectivity index (χ0n) is 19.5. The van der Waals surface area contributed by atoms with E-state index in [0.29, 0.717) is 12.0 Å². The van der Waals surface area contributed by atoms with Gasteiger partial charge in [0.1, 0.15) is 17.3 Å². The van der Waals surface area contributed by atoms with Gasteiger partial charge < -0.3 is 19.7 Å². The average molecular weight is 433 g/mol. The number of aromatic nitrogens is 5. The highest BCUT2D eigenvalue weighted by molar-refractivity contribution is 5.67. The molecule has 0 unspecified atom stereocenters. The number of pyridine rings is 1. The number of imidazole rings is 1. The zero-order chi connectivity index (χ0) is 22.2. The molecule has 32 heavy (non-hydrogen) atoms. The summed E-state index contributed by atoms with van der Waals surface area (Å²) in [6.45, 7) is 14.1. The number of hydrogen-bond acceptors (Lipinski definition) is 7. The van der Waals surface area contributed by atoms with Crippen LogP contribution in [-0.4, -0.2) is 62.1 Å². The number of fused-ring (bicyclic) bond motifs is 3. The number of likely N-dealkylation sites (N-methyl/N-ethyl adjacent to an activating group) is 1. The predicted octanol–water partition coefficient (Wildman–Crippen LogP) is 3.61. The summed E-state index contributed by atoms with van der Waals surface area (Å²) in [5.41, 5.74) is 5.54. The van der Waals surface area contributed by atoms with Gasteiger partial charge in [-0.05, 0) is 57.9 Å². The van der Waals surface area contributed by atoms with Gasteiger partial charge in [0.2, 0.25) is 5.95 Å². The first-order valence-electron chi connectivity index (χ1n) is 11.7. The molecule has 1 saturated heterocycles. The van der Waals surface area contributed by atoms with E-state index in [-0.39, 0.29) is 0 Å². The van der Waals surface area contributed by atoms with Gasteiger partial charge in [-0.2, -0.15) is 0 Å². The highest BCUT2D eigenvalue weighted by atomic mass is 15.3. The van der Waals surface area contributed by atoms with E-state index >= 15 is 0 Å².